The molecule has 1 saturated heterocycles. The number of halogens is 3. The molecule has 0 atom stereocenters. The summed E-state index contributed by atoms with van der Waals surface area (Å²) < 4.78 is 49.0. The van der Waals surface area contributed by atoms with Gasteiger partial charge in [0.1, 0.15) is 0 Å². The van der Waals surface area contributed by atoms with Gasteiger partial charge < -0.3 is 14.6 Å². The van der Waals surface area contributed by atoms with Gasteiger partial charge in [-0.15, -0.1) is 0 Å². The highest BCUT2D eigenvalue weighted by atomic mass is 19.4. The predicted octanol–water partition coefficient (Wildman–Crippen LogP) is 7.13. The lowest BCUT2D eigenvalue weighted by Crippen LogP contribution is -2.39. The van der Waals surface area contributed by atoms with Crippen molar-refractivity contribution in [1.29, 1.82) is 0 Å². The summed E-state index contributed by atoms with van der Waals surface area (Å²) in [6.45, 7) is 8.94. The van der Waals surface area contributed by atoms with Gasteiger partial charge in [0.05, 0.1) is 11.1 Å². The number of carbonyl (C=O) groups excluding carboxylic acids is 1. The van der Waals surface area contributed by atoms with Crippen LogP contribution >= 0.6 is 0 Å². The van der Waals surface area contributed by atoms with Crippen LogP contribution in [-0.2, 0) is 22.7 Å². The van der Waals surface area contributed by atoms with Crippen LogP contribution in [0.2, 0.25) is 0 Å². The maximum Gasteiger partial charge on any atom is 0.416 e. The zero-order valence-electron chi connectivity index (χ0n) is 21.9. The van der Waals surface area contributed by atoms with Crippen LogP contribution in [0.25, 0.3) is 5.69 Å². The number of rotatable bonds is 5. The van der Waals surface area contributed by atoms with Gasteiger partial charge in [0.2, 0.25) is 0 Å². The molecule has 7 heteroatoms. The SMILES string of the molecule is Cc1c(C(=O)NC2CCOCC2)cn(-c2cc(C(C)(C)C)cc(C(F)(F)F)c2)c1CC1CCCCC1. The first-order chi connectivity index (χ1) is 16.9. The molecule has 1 saturated carbocycles. The number of amides is 1. The molecule has 36 heavy (non-hydrogen) atoms. The van der Waals surface area contributed by atoms with Crippen molar-refractivity contribution in [2.24, 2.45) is 5.92 Å². The minimum Gasteiger partial charge on any atom is -0.381 e. The van der Waals surface area contributed by atoms with Gasteiger partial charge in [-0.05, 0) is 66.8 Å². The minimum absolute atomic E-state index is 0.0526. The number of carbonyl (C=O) groups is 1. The summed E-state index contributed by atoms with van der Waals surface area (Å²) in [6.07, 6.45) is 5.42. The molecule has 1 amide bonds. The molecule has 4 nitrogen and oxygen atoms in total. The van der Waals surface area contributed by atoms with Crippen LogP contribution in [0.3, 0.4) is 0 Å². The van der Waals surface area contributed by atoms with Gasteiger partial charge >= 0.3 is 6.18 Å². The first-order valence-electron chi connectivity index (χ1n) is 13.3. The van der Waals surface area contributed by atoms with Gasteiger partial charge in [0, 0.05) is 36.8 Å². The van der Waals surface area contributed by atoms with E-state index in [-0.39, 0.29) is 11.9 Å². The molecule has 2 fully saturated rings. The second-order valence-corrected chi connectivity index (χ2v) is 11.6. The molecule has 0 unspecified atom stereocenters. The zero-order chi connectivity index (χ0) is 26.1. The third-order valence-corrected chi connectivity index (χ3v) is 7.78. The number of aromatic nitrogens is 1. The van der Waals surface area contributed by atoms with E-state index in [4.69, 9.17) is 4.74 Å². The van der Waals surface area contributed by atoms with Crippen LogP contribution in [0.1, 0.15) is 98.5 Å². The quantitative estimate of drug-likeness (QED) is 0.471. The normalized spacial score (nSPS) is 18.4. The van der Waals surface area contributed by atoms with Crippen molar-refractivity contribution in [2.75, 3.05) is 13.2 Å². The number of nitrogens with zero attached hydrogens (tertiary/aromatic N) is 1. The molecule has 0 radical (unpaired) electrons. The predicted molar refractivity (Wildman–Crippen MR) is 136 cm³/mol. The lowest BCUT2D eigenvalue weighted by molar-refractivity contribution is -0.137. The summed E-state index contributed by atoms with van der Waals surface area (Å²) >= 11 is 0. The average Bonchev–Trinajstić information content (AvgIpc) is 3.15. The highest BCUT2D eigenvalue weighted by Crippen LogP contribution is 2.37. The topological polar surface area (TPSA) is 43.3 Å². The molecule has 1 aliphatic carbocycles. The van der Waals surface area contributed by atoms with Crippen LogP contribution in [0.4, 0.5) is 13.2 Å². The van der Waals surface area contributed by atoms with Crippen molar-refractivity contribution in [3.63, 3.8) is 0 Å². The molecule has 1 aliphatic heterocycles. The summed E-state index contributed by atoms with van der Waals surface area (Å²) in [7, 11) is 0. The summed E-state index contributed by atoms with van der Waals surface area (Å²) in [5.74, 6) is 0.316. The van der Waals surface area contributed by atoms with Crippen LogP contribution in [-0.4, -0.2) is 29.7 Å². The maximum absolute atomic E-state index is 13.9. The van der Waals surface area contributed by atoms with Gasteiger partial charge in [-0.3, -0.25) is 4.79 Å². The number of alkyl halides is 3. The Morgan fingerprint density at radius 2 is 1.64 bits per heavy atom. The molecule has 198 valence electrons. The van der Waals surface area contributed by atoms with E-state index in [0.717, 1.165) is 43.4 Å². The summed E-state index contributed by atoms with van der Waals surface area (Å²) in [6, 6.07) is 4.37. The van der Waals surface area contributed by atoms with E-state index in [1.165, 1.54) is 31.4 Å². The van der Waals surface area contributed by atoms with Crippen molar-refractivity contribution in [3.05, 3.63) is 52.3 Å². The average molecular weight is 505 g/mol. The molecule has 0 spiro atoms. The van der Waals surface area contributed by atoms with Crippen molar-refractivity contribution in [2.45, 2.75) is 96.7 Å². The Morgan fingerprint density at radius 3 is 2.25 bits per heavy atom. The highest BCUT2D eigenvalue weighted by Gasteiger charge is 2.33. The molecule has 4 rings (SSSR count). The highest BCUT2D eigenvalue weighted by molar-refractivity contribution is 5.96. The molecular formula is C29H39F3N2O2. The zero-order valence-corrected chi connectivity index (χ0v) is 21.9. The minimum atomic E-state index is -4.45. The first-order valence-corrected chi connectivity index (χ1v) is 13.3. The van der Waals surface area contributed by atoms with Gasteiger partial charge in [-0.2, -0.15) is 13.2 Å². The Hall–Kier alpha value is -2.28. The van der Waals surface area contributed by atoms with Gasteiger partial charge in [0.15, 0.2) is 0 Å². The fraction of sp³-hybridized carbons (Fsp3) is 0.621. The Balaban J connectivity index is 1.79. The Bertz CT molecular complexity index is 1040. The molecule has 2 aliphatic rings. The Morgan fingerprint density at radius 1 is 1.00 bits per heavy atom. The molecule has 1 aromatic heterocycles. The third-order valence-electron chi connectivity index (χ3n) is 7.78. The van der Waals surface area contributed by atoms with Crippen LogP contribution in [0.15, 0.2) is 24.4 Å². The van der Waals surface area contributed by atoms with E-state index in [1.54, 1.807) is 6.20 Å². The third kappa shape index (κ3) is 6.16. The lowest BCUT2D eigenvalue weighted by atomic mass is 9.85. The number of hydrogen-bond donors (Lipinski definition) is 1. The number of ether oxygens (including phenoxy) is 1. The monoisotopic (exact) mass is 504 g/mol. The van der Waals surface area contributed by atoms with Gasteiger partial charge in [-0.25, -0.2) is 0 Å². The van der Waals surface area contributed by atoms with Crippen molar-refractivity contribution >= 4 is 5.91 Å². The Kier molecular flexibility index (Phi) is 7.89. The van der Waals surface area contributed by atoms with E-state index in [1.807, 2.05) is 38.3 Å². The molecule has 0 bridgehead atoms. The summed E-state index contributed by atoms with van der Waals surface area (Å²) in [5.41, 5.74) is 2.32. The Labute approximate surface area is 212 Å². The van der Waals surface area contributed by atoms with Crippen molar-refractivity contribution in [3.8, 4) is 5.69 Å². The molecule has 1 N–H and O–H groups in total. The smallest absolute Gasteiger partial charge is 0.381 e. The summed E-state index contributed by atoms with van der Waals surface area (Å²) in [5, 5.41) is 3.13. The maximum atomic E-state index is 13.9. The van der Waals surface area contributed by atoms with Gasteiger partial charge in [-0.1, -0.05) is 52.9 Å². The van der Waals surface area contributed by atoms with Crippen LogP contribution in [0.5, 0.6) is 0 Å². The van der Waals surface area contributed by atoms with E-state index in [0.29, 0.717) is 35.9 Å². The second-order valence-electron chi connectivity index (χ2n) is 11.6. The second kappa shape index (κ2) is 10.6. The first kappa shape index (κ1) is 26.8. The largest absolute Gasteiger partial charge is 0.416 e. The van der Waals surface area contributed by atoms with Crippen LogP contribution < -0.4 is 5.32 Å². The van der Waals surface area contributed by atoms with Crippen LogP contribution in [0, 0.1) is 12.8 Å². The molecule has 2 aromatic rings. The van der Waals surface area contributed by atoms with E-state index in [9.17, 15) is 18.0 Å². The molecule has 2 heterocycles. The lowest BCUT2D eigenvalue weighted by Gasteiger charge is -2.25. The van der Waals surface area contributed by atoms with Gasteiger partial charge in [0.25, 0.3) is 5.91 Å². The van der Waals surface area contributed by atoms with E-state index in [2.05, 4.69) is 5.32 Å². The van der Waals surface area contributed by atoms with Crippen molar-refractivity contribution < 1.29 is 22.7 Å². The summed E-state index contributed by atoms with van der Waals surface area (Å²) in [4.78, 5) is 13.3. The number of hydrogen-bond acceptors (Lipinski definition) is 2. The van der Waals surface area contributed by atoms with E-state index < -0.39 is 17.2 Å². The molecular weight excluding hydrogens is 465 g/mol. The fourth-order valence-corrected chi connectivity index (χ4v) is 5.47. The van der Waals surface area contributed by atoms with E-state index >= 15 is 0 Å². The number of benzene rings is 1. The molecule has 1 aromatic carbocycles. The number of nitrogens with one attached hydrogen (secondary N) is 1. The fourth-order valence-electron chi connectivity index (χ4n) is 5.47. The van der Waals surface area contributed by atoms with Crippen molar-refractivity contribution in [1.82, 2.24) is 9.88 Å². The standard InChI is InChI=1S/C29H39F3N2O2/c1-19-25(27(35)33-23-10-12-36-13-11-23)18-34(26(19)14-20-8-6-5-7-9-20)24-16-21(28(2,3)4)15-22(17-24)29(30,31)32/h15-18,20,23H,5-14H2,1-4H3,(H,33,35).